The summed E-state index contributed by atoms with van der Waals surface area (Å²) in [5.74, 6) is 0.897. The van der Waals surface area contributed by atoms with E-state index < -0.39 is 0 Å². The van der Waals surface area contributed by atoms with E-state index in [2.05, 4.69) is 34.3 Å². The summed E-state index contributed by atoms with van der Waals surface area (Å²) in [5, 5.41) is 9.71. The number of carbonyl (C=O) groups is 1. The molecule has 0 radical (unpaired) electrons. The van der Waals surface area contributed by atoms with Crippen LogP contribution < -0.4 is 5.32 Å². The van der Waals surface area contributed by atoms with Crippen molar-refractivity contribution in [1.82, 2.24) is 19.7 Å². The van der Waals surface area contributed by atoms with E-state index in [1.807, 2.05) is 16.8 Å². The molecule has 0 saturated carbocycles. The van der Waals surface area contributed by atoms with E-state index in [-0.39, 0.29) is 5.91 Å². The lowest BCUT2D eigenvalue weighted by molar-refractivity contribution is -0.116. The number of amides is 1. The minimum Gasteiger partial charge on any atom is -0.337 e. The topological polar surface area (TPSA) is 75.6 Å². The normalized spacial score (nSPS) is 10.8. The van der Waals surface area contributed by atoms with Crippen molar-refractivity contribution in [1.29, 1.82) is 0 Å². The van der Waals surface area contributed by atoms with Crippen LogP contribution in [0.25, 0.3) is 0 Å². The Bertz CT molecular complexity index is 500. The Kier molecular flexibility index (Phi) is 3.76. The second-order valence-corrected chi connectivity index (χ2v) is 4.46. The summed E-state index contributed by atoms with van der Waals surface area (Å²) in [6.07, 6.45) is 5.62. The van der Waals surface area contributed by atoms with E-state index in [1.54, 1.807) is 12.5 Å². The smallest absolute Gasteiger partial charge is 0.227 e. The summed E-state index contributed by atoms with van der Waals surface area (Å²) in [6.45, 7) is 4.75. The Morgan fingerprint density at radius 3 is 3.00 bits per heavy atom. The van der Waals surface area contributed by atoms with E-state index in [1.165, 1.54) is 0 Å². The number of imidazole rings is 1. The van der Waals surface area contributed by atoms with Crippen LogP contribution in [0.1, 0.15) is 31.9 Å². The van der Waals surface area contributed by atoms with Gasteiger partial charge < -0.3 is 9.88 Å². The van der Waals surface area contributed by atoms with Gasteiger partial charge in [-0.05, 0) is 5.92 Å². The van der Waals surface area contributed by atoms with E-state index in [9.17, 15) is 4.79 Å². The summed E-state index contributed by atoms with van der Waals surface area (Å²) in [6, 6.07) is 1.86. The molecule has 0 fully saturated rings. The molecule has 0 aliphatic carbocycles. The van der Waals surface area contributed by atoms with Crippen molar-refractivity contribution in [3.63, 3.8) is 0 Å². The predicted molar refractivity (Wildman–Crippen MR) is 68.2 cm³/mol. The van der Waals surface area contributed by atoms with Gasteiger partial charge in [0.1, 0.15) is 0 Å². The van der Waals surface area contributed by atoms with Gasteiger partial charge in [0.2, 0.25) is 5.91 Å². The van der Waals surface area contributed by atoms with Gasteiger partial charge in [-0.1, -0.05) is 13.8 Å². The number of hydrogen-bond acceptors (Lipinski definition) is 3. The molecule has 0 aliphatic heterocycles. The molecular formula is C12H17N5O. The second kappa shape index (κ2) is 5.48. The Hall–Kier alpha value is -2.11. The van der Waals surface area contributed by atoms with Crippen LogP contribution in [0.5, 0.6) is 0 Å². The van der Waals surface area contributed by atoms with Crippen LogP contribution in [-0.4, -0.2) is 25.7 Å². The third-order valence-electron chi connectivity index (χ3n) is 2.64. The molecular weight excluding hydrogens is 230 g/mol. The van der Waals surface area contributed by atoms with E-state index in [0.717, 1.165) is 5.69 Å². The maximum atomic E-state index is 11.7. The Morgan fingerprint density at radius 2 is 2.39 bits per heavy atom. The SMILES string of the molecule is CC(C)c1cc(NC(=O)CCn2ccnc2)n[nH]1. The average Bonchev–Trinajstić information content (AvgIpc) is 2.96. The fourth-order valence-electron chi connectivity index (χ4n) is 1.55. The predicted octanol–water partition coefficient (Wildman–Crippen LogP) is 1.76. The van der Waals surface area contributed by atoms with Crippen LogP contribution in [-0.2, 0) is 11.3 Å². The van der Waals surface area contributed by atoms with Crippen LogP contribution in [0.4, 0.5) is 5.82 Å². The van der Waals surface area contributed by atoms with Gasteiger partial charge in [-0.15, -0.1) is 0 Å². The molecule has 0 unspecified atom stereocenters. The maximum absolute atomic E-state index is 11.7. The molecule has 2 heterocycles. The summed E-state index contributed by atoms with van der Waals surface area (Å²) in [5.41, 5.74) is 1.01. The lowest BCUT2D eigenvalue weighted by atomic mass is 10.1. The number of aromatic amines is 1. The first-order valence-corrected chi connectivity index (χ1v) is 5.96. The first kappa shape index (κ1) is 12.3. The van der Waals surface area contributed by atoms with Gasteiger partial charge in [-0.3, -0.25) is 9.89 Å². The van der Waals surface area contributed by atoms with Crippen molar-refractivity contribution < 1.29 is 4.79 Å². The Morgan fingerprint density at radius 1 is 1.56 bits per heavy atom. The van der Waals surface area contributed by atoms with Gasteiger partial charge in [-0.25, -0.2) is 4.98 Å². The summed E-state index contributed by atoms with van der Waals surface area (Å²) >= 11 is 0. The molecule has 2 aromatic heterocycles. The van der Waals surface area contributed by atoms with Gasteiger partial charge in [0, 0.05) is 37.1 Å². The van der Waals surface area contributed by atoms with Crippen molar-refractivity contribution in [3.05, 3.63) is 30.5 Å². The minimum atomic E-state index is -0.0505. The van der Waals surface area contributed by atoms with Crippen molar-refractivity contribution in [2.75, 3.05) is 5.32 Å². The molecule has 18 heavy (non-hydrogen) atoms. The summed E-state index contributed by atoms with van der Waals surface area (Å²) < 4.78 is 1.86. The van der Waals surface area contributed by atoms with Gasteiger partial charge in [0.25, 0.3) is 0 Å². The molecule has 1 amide bonds. The second-order valence-electron chi connectivity index (χ2n) is 4.46. The zero-order valence-electron chi connectivity index (χ0n) is 10.6. The van der Waals surface area contributed by atoms with E-state index in [0.29, 0.717) is 24.7 Å². The number of hydrogen-bond donors (Lipinski definition) is 2. The molecule has 6 nitrogen and oxygen atoms in total. The number of aromatic nitrogens is 4. The van der Waals surface area contributed by atoms with Crippen molar-refractivity contribution in [3.8, 4) is 0 Å². The summed E-state index contributed by atoms with van der Waals surface area (Å²) in [4.78, 5) is 15.6. The minimum absolute atomic E-state index is 0.0505. The quantitative estimate of drug-likeness (QED) is 0.845. The third-order valence-corrected chi connectivity index (χ3v) is 2.64. The van der Waals surface area contributed by atoms with Crippen molar-refractivity contribution in [2.45, 2.75) is 32.7 Å². The fraction of sp³-hybridized carbons (Fsp3) is 0.417. The molecule has 0 atom stereocenters. The Balaban J connectivity index is 1.83. The summed E-state index contributed by atoms with van der Waals surface area (Å²) in [7, 11) is 0. The molecule has 0 saturated heterocycles. The van der Waals surface area contributed by atoms with Crippen LogP contribution in [0, 0.1) is 0 Å². The highest BCUT2D eigenvalue weighted by atomic mass is 16.1. The standard InChI is InChI=1S/C12H17N5O/c1-9(2)10-7-11(16-15-10)14-12(18)3-5-17-6-4-13-8-17/h4,6-9H,3,5H2,1-2H3,(H2,14,15,16,18). The number of H-pyrrole nitrogens is 1. The first-order chi connectivity index (χ1) is 8.65. The molecule has 0 aromatic carbocycles. The van der Waals surface area contributed by atoms with Crippen LogP contribution >= 0.6 is 0 Å². The number of nitrogens with one attached hydrogen (secondary N) is 2. The highest BCUT2D eigenvalue weighted by molar-refractivity contribution is 5.89. The third kappa shape index (κ3) is 3.19. The van der Waals surface area contributed by atoms with Crippen molar-refractivity contribution in [2.24, 2.45) is 0 Å². The number of aryl methyl sites for hydroxylation is 1. The zero-order chi connectivity index (χ0) is 13.0. The number of nitrogens with zero attached hydrogens (tertiary/aromatic N) is 3. The lowest BCUT2D eigenvalue weighted by Crippen LogP contribution is -2.14. The van der Waals surface area contributed by atoms with Gasteiger partial charge in [0.15, 0.2) is 5.82 Å². The molecule has 0 bridgehead atoms. The highest BCUT2D eigenvalue weighted by Gasteiger charge is 2.07. The molecule has 2 N–H and O–H groups in total. The monoisotopic (exact) mass is 247 g/mol. The highest BCUT2D eigenvalue weighted by Crippen LogP contribution is 2.14. The van der Waals surface area contributed by atoms with Gasteiger partial charge >= 0.3 is 0 Å². The molecule has 2 aromatic rings. The molecule has 0 aliphatic rings. The largest absolute Gasteiger partial charge is 0.337 e. The zero-order valence-corrected chi connectivity index (χ0v) is 10.6. The van der Waals surface area contributed by atoms with Crippen LogP contribution in [0.15, 0.2) is 24.8 Å². The number of carbonyl (C=O) groups excluding carboxylic acids is 1. The number of rotatable bonds is 5. The lowest BCUT2D eigenvalue weighted by Gasteiger charge is -2.02. The van der Waals surface area contributed by atoms with Gasteiger partial charge in [0.05, 0.1) is 6.33 Å². The van der Waals surface area contributed by atoms with Gasteiger partial charge in [-0.2, -0.15) is 5.10 Å². The van der Waals surface area contributed by atoms with Crippen LogP contribution in [0.2, 0.25) is 0 Å². The molecule has 2 rings (SSSR count). The molecule has 6 heteroatoms. The number of anilines is 1. The fourth-order valence-corrected chi connectivity index (χ4v) is 1.55. The molecule has 0 spiro atoms. The molecule has 96 valence electrons. The van der Waals surface area contributed by atoms with E-state index >= 15 is 0 Å². The van der Waals surface area contributed by atoms with Crippen LogP contribution in [0.3, 0.4) is 0 Å². The van der Waals surface area contributed by atoms with E-state index in [4.69, 9.17) is 0 Å². The average molecular weight is 247 g/mol. The first-order valence-electron chi connectivity index (χ1n) is 5.96. The van der Waals surface area contributed by atoms with Crippen molar-refractivity contribution >= 4 is 11.7 Å². The Labute approximate surface area is 105 Å². The maximum Gasteiger partial charge on any atom is 0.227 e.